The van der Waals surface area contributed by atoms with E-state index < -0.39 is 21.7 Å². The summed E-state index contributed by atoms with van der Waals surface area (Å²) in [7, 11) is -2.39. The summed E-state index contributed by atoms with van der Waals surface area (Å²) < 4.78 is 42.1. The van der Waals surface area contributed by atoms with Gasteiger partial charge in [0.1, 0.15) is 6.61 Å². The van der Waals surface area contributed by atoms with Gasteiger partial charge in [-0.2, -0.15) is 0 Å². The van der Waals surface area contributed by atoms with Crippen molar-refractivity contribution in [3.05, 3.63) is 58.3 Å². The summed E-state index contributed by atoms with van der Waals surface area (Å²) in [6.07, 6.45) is 0. The Kier molecular flexibility index (Phi) is 6.15. The van der Waals surface area contributed by atoms with Gasteiger partial charge in [0, 0.05) is 11.5 Å². The number of hydrogen-bond acceptors (Lipinski definition) is 4. The Hall–Kier alpha value is -1.97. The van der Waals surface area contributed by atoms with Crippen LogP contribution in [0.25, 0.3) is 0 Å². The molecular weight excluding hydrogens is 415 g/mol. The van der Waals surface area contributed by atoms with Crippen molar-refractivity contribution in [3.63, 3.8) is 0 Å². The number of likely N-dealkylation sites (N-methyl/N-ethyl adjacent to an activating group) is 1. The highest BCUT2D eigenvalue weighted by Crippen LogP contribution is 2.22. The van der Waals surface area contributed by atoms with Crippen molar-refractivity contribution in [2.45, 2.75) is 4.90 Å². The monoisotopic (exact) mass is 430 g/mol. The lowest BCUT2D eigenvalue weighted by Crippen LogP contribution is -2.31. The van der Waals surface area contributed by atoms with Crippen molar-refractivity contribution in [1.29, 1.82) is 0 Å². The average Bonchev–Trinajstić information content (AvgIpc) is 2.55. The maximum Gasteiger partial charge on any atom is 0.254 e. The second-order valence-electron chi connectivity index (χ2n) is 5.19. The Morgan fingerprint density at radius 3 is 2.60 bits per heavy atom. The quantitative estimate of drug-likeness (QED) is 0.761. The molecule has 0 bridgehead atoms. The molecule has 134 valence electrons. The van der Waals surface area contributed by atoms with E-state index in [-0.39, 0.29) is 29.4 Å². The first-order valence-electron chi connectivity index (χ1n) is 7.15. The number of rotatable bonds is 6. The van der Waals surface area contributed by atoms with E-state index in [1.807, 2.05) is 0 Å². The maximum atomic E-state index is 13.5. The number of benzene rings is 2. The van der Waals surface area contributed by atoms with Gasteiger partial charge in [0.15, 0.2) is 11.6 Å². The van der Waals surface area contributed by atoms with Crippen LogP contribution in [0.1, 0.15) is 10.4 Å². The molecule has 0 atom stereocenters. The molecule has 1 amide bonds. The van der Waals surface area contributed by atoms with E-state index in [1.54, 1.807) is 12.1 Å². The number of carbonyl (C=O) groups excluding carboxylic acids is 1. The molecule has 0 spiro atoms. The third-order valence-electron chi connectivity index (χ3n) is 3.36. The minimum Gasteiger partial charge on any atom is -0.489 e. The topological polar surface area (TPSA) is 89.7 Å². The number of hydrogen-bond donors (Lipinski definition) is 1. The van der Waals surface area contributed by atoms with E-state index >= 15 is 0 Å². The van der Waals surface area contributed by atoms with Gasteiger partial charge in [0.05, 0.1) is 17.0 Å². The maximum absolute atomic E-state index is 13.5. The molecule has 0 radical (unpaired) electrons. The molecule has 2 aromatic rings. The molecule has 0 fully saturated rings. The zero-order valence-corrected chi connectivity index (χ0v) is 15.7. The highest BCUT2D eigenvalue weighted by molar-refractivity contribution is 9.10. The highest BCUT2D eigenvalue weighted by atomic mass is 79.9. The number of nitrogens with two attached hydrogens (primary N) is 1. The molecule has 0 saturated heterocycles. The Bertz CT molecular complexity index is 889. The normalized spacial score (nSPS) is 11.2. The van der Waals surface area contributed by atoms with E-state index in [1.165, 1.54) is 42.3 Å². The Balaban J connectivity index is 2.06. The van der Waals surface area contributed by atoms with Crippen molar-refractivity contribution in [3.8, 4) is 5.75 Å². The Morgan fingerprint density at radius 2 is 1.96 bits per heavy atom. The summed E-state index contributed by atoms with van der Waals surface area (Å²) in [6.45, 7) is 0.259. The number of para-hydroxylation sites is 1. The third kappa shape index (κ3) is 5.00. The fraction of sp³-hybridized carbons (Fsp3) is 0.188. The Labute approximate surface area is 153 Å². The molecule has 0 aromatic heterocycles. The summed E-state index contributed by atoms with van der Waals surface area (Å²) in [6, 6.07) is 9.91. The van der Waals surface area contributed by atoms with E-state index in [9.17, 15) is 17.6 Å². The van der Waals surface area contributed by atoms with Crippen molar-refractivity contribution in [1.82, 2.24) is 4.90 Å². The standard InChI is InChI=1S/C16H16BrFN2O4S/c1-20(8-9-24-15-5-3-2-4-14(15)18)16(21)12-10-11(25(19,22)23)6-7-13(12)17/h2-7,10H,8-9H2,1H3,(H2,19,22,23). The van der Waals surface area contributed by atoms with E-state index in [2.05, 4.69) is 15.9 Å². The van der Waals surface area contributed by atoms with Crippen molar-refractivity contribution >= 4 is 31.9 Å². The van der Waals surface area contributed by atoms with Crippen LogP contribution in [-0.4, -0.2) is 39.4 Å². The van der Waals surface area contributed by atoms with Gasteiger partial charge in [0.25, 0.3) is 5.91 Å². The van der Waals surface area contributed by atoms with Crippen LogP contribution in [0.3, 0.4) is 0 Å². The minimum atomic E-state index is -3.92. The molecule has 6 nitrogen and oxygen atoms in total. The smallest absolute Gasteiger partial charge is 0.254 e. The number of sulfonamides is 1. The SMILES string of the molecule is CN(CCOc1ccccc1F)C(=O)c1cc(S(N)(=O)=O)ccc1Br. The minimum absolute atomic E-state index is 0.0790. The molecule has 0 aliphatic heterocycles. The van der Waals surface area contributed by atoms with Crippen molar-refractivity contribution in [2.24, 2.45) is 5.14 Å². The molecule has 2 aromatic carbocycles. The van der Waals surface area contributed by atoms with Crippen LogP contribution in [0.15, 0.2) is 51.8 Å². The first-order chi connectivity index (χ1) is 11.7. The van der Waals surface area contributed by atoms with Crippen LogP contribution in [0, 0.1) is 5.82 Å². The fourth-order valence-electron chi connectivity index (χ4n) is 2.01. The average molecular weight is 431 g/mol. The number of amides is 1. The van der Waals surface area contributed by atoms with Crippen LogP contribution in [0.4, 0.5) is 4.39 Å². The van der Waals surface area contributed by atoms with Crippen molar-refractivity contribution in [2.75, 3.05) is 20.2 Å². The second-order valence-corrected chi connectivity index (χ2v) is 7.61. The fourth-order valence-corrected chi connectivity index (χ4v) is 2.96. The first-order valence-corrected chi connectivity index (χ1v) is 9.49. The number of carbonyl (C=O) groups is 1. The number of halogens is 2. The first kappa shape index (κ1) is 19.4. The molecule has 0 aliphatic carbocycles. The van der Waals surface area contributed by atoms with Gasteiger partial charge < -0.3 is 9.64 Å². The summed E-state index contributed by atoms with van der Waals surface area (Å²) in [5.74, 6) is -0.810. The van der Waals surface area contributed by atoms with Gasteiger partial charge in [-0.05, 0) is 46.3 Å². The molecule has 0 heterocycles. The number of nitrogens with zero attached hydrogens (tertiary/aromatic N) is 1. The van der Waals surface area contributed by atoms with Gasteiger partial charge in [-0.1, -0.05) is 12.1 Å². The summed E-state index contributed by atoms with van der Waals surface area (Å²) in [5.41, 5.74) is 0.153. The number of primary sulfonamides is 1. The molecule has 25 heavy (non-hydrogen) atoms. The van der Waals surface area contributed by atoms with E-state index in [4.69, 9.17) is 9.88 Å². The third-order valence-corrected chi connectivity index (χ3v) is 4.97. The highest BCUT2D eigenvalue weighted by Gasteiger charge is 2.18. The van der Waals surface area contributed by atoms with Crippen LogP contribution >= 0.6 is 15.9 Å². The molecule has 0 aliphatic rings. The van der Waals surface area contributed by atoms with Gasteiger partial charge in [-0.3, -0.25) is 4.79 Å². The van der Waals surface area contributed by atoms with Gasteiger partial charge in [-0.25, -0.2) is 17.9 Å². The summed E-state index contributed by atoms with van der Waals surface area (Å²) in [5, 5.41) is 5.09. The second kappa shape index (κ2) is 7.94. The molecule has 9 heteroatoms. The lowest BCUT2D eigenvalue weighted by molar-refractivity contribution is 0.0771. The number of ether oxygens (including phenoxy) is 1. The van der Waals surface area contributed by atoms with Gasteiger partial charge >= 0.3 is 0 Å². The lowest BCUT2D eigenvalue weighted by atomic mass is 10.2. The van der Waals surface area contributed by atoms with Crippen molar-refractivity contribution < 1.29 is 22.3 Å². The predicted molar refractivity (Wildman–Crippen MR) is 94.4 cm³/mol. The summed E-state index contributed by atoms with van der Waals surface area (Å²) in [4.78, 5) is 13.7. The lowest BCUT2D eigenvalue weighted by Gasteiger charge is -2.18. The van der Waals surface area contributed by atoms with Crippen LogP contribution in [0.5, 0.6) is 5.75 Å². The van der Waals surface area contributed by atoms with Gasteiger partial charge in [-0.15, -0.1) is 0 Å². The van der Waals surface area contributed by atoms with Crippen LogP contribution in [-0.2, 0) is 10.0 Å². The van der Waals surface area contributed by atoms with E-state index in [0.29, 0.717) is 4.47 Å². The largest absolute Gasteiger partial charge is 0.489 e. The molecule has 0 saturated carbocycles. The molecule has 2 N–H and O–H groups in total. The predicted octanol–water partition coefficient (Wildman–Crippen LogP) is 2.39. The van der Waals surface area contributed by atoms with Crippen LogP contribution < -0.4 is 9.88 Å². The zero-order valence-electron chi connectivity index (χ0n) is 13.3. The Morgan fingerprint density at radius 1 is 1.28 bits per heavy atom. The molecule has 2 rings (SSSR count). The molecular formula is C16H16BrFN2O4S. The van der Waals surface area contributed by atoms with E-state index in [0.717, 1.165) is 0 Å². The molecule has 0 unspecified atom stereocenters. The van der Waals surface area contributed by atoms with Crippen LogP contribution in [0.2, 0.25) is 0 Å². The van der Waals surface area contributed by atoms with Gasteiger partial charge in [0.2, 0.25) is 10.0 Å². The zero-order chi connectivity index (χ0) is 18.6. The summed E-state index contributed by atoms with van der Waals surface area (Å²) >= 11 is 3.22.